The number of nitriles is 2. The number of aromatic nitrogens is 3. The zero-order valence-corrected chi connectivity index (χ0v) is 35.6. The predicted octanol–water partition coefficient (Wildman–Crippen LogP) is 15.1. The number of rotatable bonds is 9. The van der Waals surface area contributed by atoms with Crippen LogP contribution < -0.4 is 4.90 Å². The molecule has 2 heterocycles. The highest BCUT2D eigenvalue weighted by molar-refractivity contribution is 6.10. The van der Waals surface area contributed by atoms with E-state index in [1.165, 1.54) is 10.8 Å². The second-order valence-corrected chi connectivity index (χ2v) is 16.0. The Hall–Kier alpha value is -9.36. The molecule has 0 saturated carbocycles. The van der Waals surface area contributed by atoms with E-state index in [-0.39, 0.29) is 0 Å². The molecule has 6 heteroatoms. The number of hydrogen-bond donors (Lipinski definition) is 0. The summed E-state index contributed by atoms with van der Waals surface area (Å²) in [5, 5.41) is 23.5. The van der Waals surface area contributed by atoms with Gasteiger partial charge < -0.3 is 9.47 Å². The van der Waals surface area contributed by atoms with Crippen LogP contribution >= 0.6 is 0 Å². The molecule has 0 bridgehead atoms. The normalized spacial score (nSPS) is 11.0. The molecule has 0 fully saturated rings. The van der Waals surface area contributed by atoms with E-state index in [0.29, 0.717) is 33.9 Å². The first kappa shape index (κ1) is 39.5. The summed E-state index contributed by atoms with van der Waals surface area (Å²) in [4.78, 5) is 12.1. The van der Waals surface area contributed by atoms with Gasteiger partial charge in [-0.3, -0.25) is 0 Å². The molecule has 0 saturated heterocycles. The van der Waals surface area contributed by atoms with Gasteiger partial charge in [-0.15, -0.1) is 0 Å². The summed E-state index contributed by atoms with van der Waals surface area (Å²) in [6.45, 7) is 0. The van der Waals surface area contributed by atoms with E-state index in [0.717, 1.165) is 67.2 Å². The molecule has 11 aromatic rings. The van der Waals surface area contributed by atoms with Crippen LogP contribution in [-0.2, 0) is 0 Å². The fourth-order valence-corrected chi connectivity index (χ4v) is 8.95. The van der Waals surface area contributed by atoms with Crippen LogP contribution in [0.1, 0.15) is 11.1 Å². The van der Waals surface area contributed by atoms with E-state index in [9.17, 15) is 10.5 Å². The van der Waals surface area contributed by atoms with Crippen molar-refractivity contribution < 1.29 is 0 Å². The van der Waals surface area contributed by atoms with Gasteiger partial charge in [0.25, 0.3) is 0 Å². The zero-order chi connectivity index (χ0) is 44.4. The monoisotopic (exact) mass is 842 g/mol. The molecule has 0 aliphatic rings. The first-order valence-electron chi connectivity index (χ1n) is 21.8. The van der Waals surface area contributed by atoms with Crippen LogP contribution in [0.2, 0.25) is 0 Å². The second-order valence-electron chi connectivity index (χ2n) is 16.0. The highest BCUT2D eigenvalue weighted by atomic mass is 15.1. The lowest BCUT2D eigenvalue weighted by molar-refractivity contribution is 1.18. The van der Waals surface area contributed by atoms with E-state index in [1.54, 1.807) is 0 Å². The molecule has 0 aliphatic heterocycles. The maximum atomic E-state index is 10.6. The fourth-order valence-electron chi connectivity index (χ4n) is 8.95. The Morgan fingerprint density at radius 2 is 0.848 bits per heavy atom. The summed E-state index contributed by atoms with van der Waals surface area (Å²) >= 11 is 0. The number of fused-ring (bicyclic) bond motifs is 3. The summed E-state index contributed by atoms with van der Waals surface area (Å²) in [5.41, 5.74) is 14.6. The van der Waals surface area contributed by atoms with Crippen molar-refractivity contribution in [3.8, 4) is 74.0 Å². The largest absolute Gasteiger partial charge is 0.310 e. The summed E-state index contributed by atoms with van der Waals surface area (Å²) in [5.74, 6) is 0.520. The van der Waals surface area contributed by atoms with Crippen molar-refractivity contribution >= 4 is 38.9 Å². The lowest BCUT2D eigenvalue weighted by Crippen LogP contribution is -2.09. The van der Waals surface area contributed by atoms with Gasteiger partial charge in [0.1, 0.15) is 0 Å². The molecule has 0 unspecified atom stereocenters. The van der Waals surface area contributed by atoms with Crippen LogP contribution in [0.4, 0.5) is 17.1 Å². The van der Waals surface area contributed by atoms with Crippen LogP contribution in [0, 0.1) is 22.7 Å². The van der Waals surface area contributed by atoms with Gasteiger partial charge in [0.05, 0.1) is 45.7 Å². The Morgan fingerprint density at radius 1 is 0.364 bits per heavy atom. The minimum atomic E-state index is 0.367. The number of para-hydroxylation sites is 3. The summed E-state index contributed by atoms with van der Waals surface area (Å²) in [6.07, 6.45) is 0. The SMILES string of the molecule is N#Cc1cc(-c2ccc(-c3ccc(-n4c5ccccc5c5cc(N(c6ccccc6)c6ccccc6)ccc54)cc3)cc2)cc(C#N)c1-c1cc(-c2ccccc2)nc(-c2ccccc2)n1. The lowest BCUT2D eigenvalue weighted by atomic mass is 9.92. The van der Waals surface area contributed by atoms with Gasteiger partial charge in [0.2, 0.25) is 0 Å². The molecule has 6 nitrogen and oxygen atoms in total. The van der Waals surface area contributed by atoms with Gasteiger partial charge in [0.15, 0.2) is 5.82 Å². The van der Waals surface area contributed by atoms with E-state index in [4.69, 9.17) is 9.97 Å². The Balaban J connectivity index is 0.916. The summed E-state index contributed by atoms with van der Waals surface area (Å²) < 4.78 is 2.34. The first-order chi connectivity index (χ1) is 32.6. The molecule has 9 aromatic carbocycles. The number of anilines is 3. The molecule has 308 valence electrons. The standard InChI is InChI=1S/C60H38N6/c61-39-47-35-46(36-48(40-62)59(47)56-38-55(44-15-5-1-6-16-44)63-60(64-56)45-17-7-2-8-18-45)43-27-25-41(26-28-43)42-29-31-51(32-30-42)66-57-24-14-13-23-53(57)54-37-52(33-34-58(54)66)65(49-19-9-3-10-20-49)50-21-11-4-12-22-50/h1-38H. The molecule has 2 aromatic heterocycles. The molecule has 0 aliphatic carbocycles. The third-order valence-corrected chi connectivity index (χ3v) is 12.1. The number of nitrogens with zero attached hydrogens (tertiary/aromatic N) is 6. The second kappa shape index (κ2) is 17.1. The minimum Gasteiger partial charge on any atom is -0.310 e. The van der Waals surface area contributed by atoms with Crippen molar-refractivity contribution in [2.75, 3.05) is 4.90 Å². The summed E-state index contributed by atoms with van der Waals surface area (Å²) in [7, 11) is 0. The average molecular weight is 843 g/mol. The van der Waals surface area contributed by atoms with Crippen LogP contribution in [-0.4, -0.2) is 14.5 Å². The molecule has 0 amide bonds. The van der Waals surface area contributed by atoms with Crippen LogP contribution in [0.3, 0.4) is 0 Å². The van der Waals surface area contributed by atoms with Crippen molar-refractivity contribution in [3.63, 3.8) is 0 Å². The van der Waals surface area contributed by atoms with Crippen LogP contribution in [0.25, 0.3) is 83.6 Å². The van der Waals surface area contributed by atoms with Gasteiger partial charge >= 0.3 is 0 Å². The summed E-state index contributed by atoms with van der Waals surface area (Å²) in [6, 6.07) is 83.2. The highest BCUT2D eigenvalue weighted by Gasteiger charge is 2.20. The van der Waals surface area contributed by atoms with E-state index >= 15 is 0 Å². The first-order valence-corrected chi connectivity index (χ1v) is 21.8. The van der Waals surface area contributed by atoms with Crippen LogP contribution in [0.5, 0.6) is 0 Å². The third-order valence-electron chi connectivity index (χ3n) is 12.1. The predicted molar refractivity (Wildman–Crippen MR) is 268 cm³/mol. The van der Waals surface area contributed by atoms with Gasteiger partial charge in [-0.05, 0) is 101 Å². The van der Waals surface area contributed by atoms with Crippen molar-refractivity contribution in [2.45, 2.75) is 0 Å². The smallest absolute Gasteiger partial charge is 0.160 e. The molecular formula is C60H38N6. The Labute approximate surface area is 382 Å². The van der Waals surface area contributed by atoms with Crippen molar-refractivity contribution in [1.29, 1.82) is 10.5 Å². The molecule has 0 radical (unpaired) electrons. The average Bonchev–Trinajstić information content (AvgIpc) is 3.73. The Morgan fingerprint density at radius 3 is 1.44 bits per heavy atom. The van der Waals surface area contributed by atoms with Crippen molar-refractivity contribution in [2.24, 2.45) is 0 Å². The van der Waals surface area contributed by atoms with E-state index in [1.807, 2.05) is 103 Å². The number of hydrogen-bond acceptors (Lipinski definition) is 5. The molecular weight excluding hydrogens is 805 g/mol. The van der Waals surface area contributed by atoms with Crippen molar-refractivity contribution in [3.05, 3.63) is 242 Å². The van der Waals surface area contributed by atoms with Crippen LogP contribution in [0.15, 0.2) is 231 Å². The Kier molecular flexibility index (Phi) is 10.2. The van der Waals surface area contributed by atoms with E-state index < -0.39 is 0 Å². The Bertz CT molecular complexity index is 3490. The maximum absolute atomic E-state index is 10.6. The van der Waals surface area contributed by atoms with Crippen molar-refractivity contribution in [1.82, 2.24) is 14.5 Å². The topological polar surface area (TPSA) is 81.5 Å². The molecule has 66 heavy (non-hydrogen) atoms. The highest BCUT2D eigenvalue weighted by Crippen LogP contribution is 2.40. The molecule has 0 N–H and O–H groups in total. The fraction of sp³-hybridized carbons (Fsp3) is 0. The van der Waals surface area contributed by atoms with Gasteiger partial charge in [-0.1, -0.05) is 152 Å². The zero-order valence-electron chi connectivity index (χ0n) is 35.6. The van der Waals surface area contributed by atoms with Gasteiger partial charge in [0, 0.05) is 50.2 Å². The van der Waals surface area contributed by atoms with Gasteiger partial charge in [-0.2, -0.15) is 10.5 Å². The molecule has 11 rings (SSSR count). The van der Waals surface area contributed by atoms with Gasteiger partial charge in [-0.25, -0.2) is 9.97 Å². The molecule has 0 spiro atoms. The number of benzene rings is 9. The third kappa shape index (κ3) is 7.31. The van der Waals surface area contributed by atoms with E-state index in [2.05, 4.69) is 149 Å². The lowest BCUT2D eigenvalue weighted by Gasteiger charge is -2.25. The molecule has 0 atom stereocenters. The maximum Gasteiger partial charge on any atom is 0.160 e. The quantitative estimate of drug-likeness (QED) is 0.145. The minimum absolute atomic E-state index is 0.367.